The monoisotopic (exact) mass is 211 g/mol. The van der Waals surface area contributed by atoms with Gasteiger partial charge in [0.15, 0.2) is 0 Å². The number of aromatic nitrogens is 2. The number of aryl methyl sites for hydroxylation is 1. The van der Waals surface area contributed by atoms with Crippen LogP contribution in [0.15, 0.2) is 12.4 Å². The molecule has 0 bridgehead atoms. The molecule has 0 saturated carbocycles. The lowest BCUT2D eigenvalue weighted by Gasteiger charge is -2.23. The fourth-order valence-electron chi connectivity index (χ4n) is 1.78. The van der Waals surface area contributed by atoms with E-state index in [1.165, 1.54) is 18.6 Å². The van der Waals surface area contributed by atoms with Gasteiger partial charge in [-0.3, -0.25) is 0 Å². The third kappa shape index (κ3) is 2.05. The van der Waals surface area contributed by atoms with Gasteiger partial charge >= 0.3 is 0 Å². The highest BCUT2D eigenvalue weighted by Gasteiger charge is 2.29. The maximum Gasteiger partial charge on any atom is 0.202 e. The van der Waals surface area contributed by atoms with Crippen molar-refractivity contribution in [1.29, 1.82) is 0 Å². The molecule has 14 heavy (non-hydrogen) atoms. The van der Waals surface area contributed by atoms with Crippen LogP contribution in [0.2, 0.25) is 0 Å². The van der Waals surface area contributed by atoms with E-state index in [-0.39, 0.29) is 0 Å². The summed E-state index contributed by atoms with van der Waals surface area (Å²) in [6, 6.07) is 0. The van der Waals surface area contributed by atoms with Crippen LogP contribution in [-0.2, 0) is 7.05 Å². The summed E-state index contributed by atoms with van der Waals surface area (Å²) in [5.41, 5.74) is 0. The van der Waals surface area contributed by atoms with Gasteiger partial charge in [0.25, 0.3) is 0 Å². The van der Waals surface area contributed by atoms with Crippen LogP contribution in [0.25, 0.3) is 0 Å². The van der Waals surface area contributed by atoms with E-state index < -0.39 is 0 Å². The van der Waals surface area contributed by atoms with Gasteiger partial charge in [0.05, 0.1) is 0 Å². The summed E-state index contributed by atoms with van der Waals surface area (Å²) in [5, 5.41) is 3.41. The maximum absolute atomic E-state index is 4.25. The lowest BCUT2D eigenvalue weighted by molar-refractivity contribution is 0.630. The summed E-state index contributed by atoms with van der Waals surface area (Å²) in [6.07, 6.45) is 6.46. The lowest BCUT2D eigenvalue weighted by atomic mass is 10.1. The van der Waals surface area contributed by atoms with Gasteiger partial charge in [-0.1, -0.05) is 0 Å². The number of thioether (sulfide) groups is 1. The van der Waals surface area contributed by atoms with Gasteiger partial charge in [-0.25, -0.2) is 4.98 Å². The topological polar surface area (TPSA) is 29.9 Å². The molecule has 1 unspecified atom stereocenters. The first-order chi connectivity index (χ1) is 6.70. The van der Waals surface area contributed by atoms with E-state index in [0.717, 1.165) is 12.5 Å². The van der Waals surface area contributed by atoms with Crippen LogP contribution in [0.3, 0.4) is 0 Å². The van der Waals surface area contributed by atoms with Gasteiger partial charge in [0.1, 0.15) is 0 Å². The summed E-state index contributed by atoms with van der Waals surface area (Å²) >= 11 is 2.07. The molecule has 4 heteroatoms. The first-order valence-electron chi connectivity index (χ1n) is 5.05. The predicted octanol–water partition coefficient (Wildman–Crippen LogP) is 2.12. The molecule has 0 aliphatic carbocycles. The van der Waals surface area contributed by atoms with Crippen LogP contribution in [0.1, 0.15) is 19.8 Å². The Morgan fingerprint density at radius 3 is 3.14 bits per heavy atom. The number of imidazole rings is 1. The highest BCUT2D eigenvalue weighted by atomic mass is 32.2. The molecule has 0 spiro atoms. The molecule has 78 valence electrons. The van der Waals surface area contributed by atoms with Crippen LogP contribution in [-0.4, -0.2) is 26.6 Å². The van der Waals surface area contributed by atoms with E-state index >= 15 is 0 Å². The molecule has 2 heterocycles. The molecule has 0 amide bonds. The zero-order valence-corrected chi connectivity index (χ0v) is 9.60. The van der Waals surface area contributed by atoms with Crippen LogP contribution in [0, 0.1) is 0 Å². The molecule has 1 aromatic rings. The normalized spacial score (nSPS) is 26.7. The van der Waals surface area contributed by atoms with Crippen LogP contribution < -0.4 is 5.32 Å². The van der Waals surface area contributed by atoms with E-state index in [9.17, 15) is 0 Å². The minimum absolute atomic E-state index is 0.409. The molecule has 0 radical (unpaired) electrons. The average Bonchev–Trinajstić information content (AvgIpc) is 2.73. The molecule has 0 aromatic carbocycles. The Morgan fingerprint density at radius 2 is 2.57 bits per heavy atom. The second-order valence-corrected chi connectivity index (χ2v) is 5.80. The third-order valence-corrected chi connectivity index (χ3v) is 4.28. The van der Waals surface area contributed by atoms with Crippen molar-refractivity contribution >= 4 is 17.7 Å². The van der Waals surface area contributed by atoms with E-state index in [1.54, 1.807) is 0 Å². The Morgan fingerprint density at radius 1 is 1.71 bits per heavy atom. The first kappa shape index (κ1) is 9.90. The average molecular weight is 211 g/mol. The zero-order chi connectivity index (χ0) is 10.0. The zero-order valence-electron chi connectivity index (χ0n) is 8.79. The molecule has 1 atom stereocenters. The van der Waals surface area contributed by atoms with Crippen molar-refractivity contribution in [3.63, 3.8) is 0 Å². The molecule has 2 rings (SSSR count). The fourth-order valence-corrected chi connectivity index (χ4v) is 3.02. The predicted molar refractivity (Wildman–Crippen MR) is 61.8 cm³/mol. The Kier molecular flexibility index (Phi) is 2.72. The van der Waals surface area contributed by atoms with E-state index in [1.807, 2.05) is 24.0 Å². The largest absolute Gasteiger partial charge is 0.354 e. The van der Waals surface area contributed by atoms with Crippen molar-refractivity contribution in [3.05, 3.63) is 12.4 Å². The highest BCUT2D eigenvalue weighted by Crippen LogP contribution is 2.37. The van der Waals surface area contributed by atoms with Crippen molar-refractivity contribution in [2.75, 3.05) is 17.6 Å². The SMILES string of the molecule is Cn1ccnc1NCC1(C)CCCS1. The van der Waals surface area contributed by atoms with Crippen molar-refractivity contribution in [3.8, 4) is 0 Å². The van der Waals surface area contributed by atoms with E-state index in [0.29, 0.717) is 4.75 Å². The van der Waals surface area contributed by atoms with Crippen LogP contribution in [0.5, 0.6) is 0 Å². The van der Waals surface area contributed by atoms with Crippen LogP contribution >= 0.6 is 11.8 Å². The van der Waals surface area contributed by atoms with E-state index in [2.05, 4.69) is 29.0 Å². The smallest absolute Gasteiger partial charge is 0.202 e. The molecule has 3 nitrogen and oxygen atoms in total. The molecular formula is C10H17N3S. The summed E-state index contributed by atoms with van der Waals surface area (Å²) in [5.74, 6) is 2.28. The Hall–Kier alpha value is -0.640. The molecule has 1 N–H and O–H groups in total. The van der Waals surface area contributed by atoms with Gasteiger partial charge in [-0.05, 0) is 25.5 Å². The summed E-state index contributed by atoms with van der Waals surface area (Å²) in [6.45, 7) is 3.35. The van der Waals surface area contributed by atoms with Crippen molar-refractivity contribution in [1.82, 2.24) is 9.55 Å². The van der Waals surface area contributed by atoms with Crippen LogP contribution in [0.4, 0.5) is 5.95 Å². The molecule has 1 aliphatic rings. The molecule has 1 aromatic heterocycles. The number of rotatable bonds is 3. The second-order valence-electron chi connectivity index (χ2n) is 4.12. The molecular weight excluding hydrogens is 194 g/mol. The Balaban J connectivity index is 1.91. The number of nitrogens with zero attached hydrogens (tertiary/aromatic N) is 2. The number of hydrogen-bond donors (Lipinski definition) is 1. The van der Waals surface area contributed by atoms with Gasteiger partial charge in [-0.2, -0.15) is 11.8 Å². The van der Waals surface area contributed by atoms with Crippen molar-refractivity contribution < 1.29 is 0 Å². The summed E-state index contributed by atoms with van der Waals surface area (Å²) in [7, 11) is 2.01. The second kappa shape index (κ2) is 3.85. The Labute approximate surface area is 89.3 Å². The Bertz CT molecular complexity index is 302. The maximum atomic E-state index is 4.25. The van der Waals surface area contributed by atoms with Crippen molar-refractivity contribution in [2.45, 2.75) is 24.5 Å². The highest BCUT2D eigenvalue weighted by molar-refractivity contribution is 8.00. The summed E-state index contributed by atoms with van der Waals surface area (Å²) in [4.78, 5) is 4.25. The van der Waals surface area contributed by atoms with Gasteiger partial charge in [-0.15, -0.1) is 0 Å². The molecule has 1 fully saturated rings. The van der Waals surface area contributed by atoms with Gasteiger partial charge in [0, 0.05) is 30.7 Å². The molecule has 1 aliphatic heterocycles. The minimum atomic E-state index is 0.409. The number of nitrogens with one attached hydrogen (secondary N) is 1. The molecule has 1 saturated heterocycles. The number of anilines is 1. The van der Waals surface area contributed by atoms with Gasteiger partial charge < -0.3 is 9.88 Å². The third-order valence-electron chi connectivity index (χ3n) is 2.74. The summed E-state index contributed by atoms with van der Waals surface area (Å²) < 4.78 is 2.43. The van der Waals surface area contributed by atoms with Gasteiger partial charge in [0.2, 0.25) is 5.95 Å². The quantitative estimate of drug-likeness (QED) is 0.830. The first-order valence-corrected chi connectivity index (χ1v) is 6.03. The van der Waals surface area contributed by atoms with Crippen molar-refractivity contribution in [2.24, 2.45) is 7.05 Å². The van der Waals surface area contributed by atoms with E-state index in [4.69, 9.17) is 0 Å². The lowest BCUT2D eigenvalue weighted by Crippen LogP contribution is -2.27. The number of hydrogen-bond acceptors (Lipinski definition) is 3. The minimum Gasteiger partial charge on any atom is -0.354 e. The standard InChI is InChI=1S/C10H17N3S/c1-10(4-3-7-14-10)8-12-9-11-5-6-13(9)2/h5-6H,3-4,7-8H2,1-2H3,(H,11,12). The fraction of sp³-hybridized carbons (Fsp3) is 0.700.